The van der Waals surface area contributed by atoms with Crippen LogP contribution in [-0.4, -0.2) is 22.6 Å². The van der Waals surface area contributed by atoms with Crippen LogP contribution in [0.2, 0.25) is 0 Å². The lowest BCUT2D eigenvalue weighted by molar-refractivity contribution is 0.368. The number of hydrogen-bond donors (Lipinski definition) is 1. The van der Waals surface area contributed by atoms with E-state index in [0.717, 1.165) is 23.8 Å². The van der Waals surface area contributed by atoms with E-state index in [1.54, 1.807) is 6.20 Å². The first-order valence-corrected chi connectivity index (χ1v) is 6.37. The van der Waals surface area contributed by atoms with E-state index in [4.69, 9.17) is 11.6 Å². The quantitative estimate of drug-likeness (QED) is 0.821. The number of aryl methyl sites for hydroxylation is 1. The van der Waals surface area contributed by atoms with Crippen LogP contribution < -0.4 is 5.32 Å². The zero-order chi connectivity index (χ0) is 11.4. The Kier molecular flexibility index (Phi) is 3.64. The van der Waals surface area contributed by atoms with Gasteiger partial charge in [0.25, 0.3) is 0 Å². The van der Waals surface area contributed by atoms with Gasteiger partial charge in [-0.05, 0) is 31.4 Å². The molecule has 0 radical (unpaired) electrons. The molecule has 1 N–H and O–H groups in total. The van der Waals surface area contributed by atoms with Gasteiger partial charge in [-0.3, -0.25) is 0 Å². The minimum atomic E-state index is 0.271. The van der Waals surface area contributed by atoms with Crippen molar-refractivity contribution in [2.24, 2.45) is 5.41 Å². The largest absolute Gasteiger partial charge is 0.368 e. The fourth-order valence-corrected chi connectivity index (χ4v) is 2.67. The lowest BCUT2D eigenvalue weighted by Crippen LogP contribution is -2.28. The fraction of sp³-hybridized carbons (Fsp3) is 0.667. The number of rotatable bonds is 4. The molecule has 1 saturated carbocycles. The van der Waals surface area contributed by atoms with E-state index >= 15 is 0 Å². The number of alkyl halides is 1. The molecule has 1 heterocycles. The summed E-state index contributed by atoms with van der Waals surface area (Å²) in [6.07, 6.45) is 6.81. The van der Waals surface area contributed by atoms with E-state index in [9.17, 15) is 0 Å². The van der Waals surface area contributed by atoms with Crippen molar-refractivity contribution in [1.82, 2.24) is 10.2 Å². The van der Waals surface area contributed by atoms with E-state index < -0.39 is 0 Å². The van der Waals surface area contributed by atoms with Gasteiger partial charge < -0.3 is 5.32 Å². The first-order chi connectivity index (χ1) is 7.74. The third-order valence-electron chi connectivity index (χ3n) is 3.38. The molecule has 4 heteroatoms. The van der Waals surface area contributed by atoms with Gasteiger partial charge >= 0.3 is 0 Å². The molecule has 3 nitrogen and oxygen atoms in total. The smallest absolute Gasteiger partial charge is 0.148 e. The SMILES string of the molecule is Cc1cnnc(NCC2(CCl)CCCC2)c1. The fourth-order valence-electron chi connectivity index (χ4n) is 2.31. The molecule has 0 amide bonds. The molecule has 0 saturated heterocycles. The Morgan fingerprint density at radius 1 is 1.44 bits per heavy atom. The number of nitrogens with zero attached hydrogens (tertiary/aromatic N) is 2. The van der Waals surface area contributed by atoms with Gasteiger partial charge in [-0.15, -0.1) is 16.7 Å². The molecule has 1 aromatic heterocycles. The predicted octanol–water partition coefficient (Wildman–Crippen LogP) is 3.00. The van der Waals surface area contributed by atoms with E-state index in [1.165, 1.54) is 25.7 Å². The molecule has 1 fully saturated rings. The average molecular weight is 240 g/mol. The Morgan fingerprint density at radius 3 is 2.81 bits per heavy atom. The summed E-state index contributed by atoms with van der Waals surface area (Å²) >= 11 is 6.09. The van der Waals surface area contributed by atoms with Gasteiger partial charge in [0, 0.05) is 17.8 Å². The standard InChI is InChI=1S/C12H18ClN3/c1-10-6-11(16-15-7-10)14-9-12(8-13)4-2-3-5-12/h6-7H,2-5,8-9H2,1H3,(H,14,16). The Balaban J connectivity index is 1.95. The molecule has 0 unspecified atom stereocenters. The molecule has 16 heavy (non-hydrogen) atoms. The minimum absolute atomic E-state index is 0.271. The zero-order valence-corrected chi connectivity index (χ0v) is 10.4. The van der Waals surface area contributed by atoms with Crippen molar-refractivity contribution in [1.29, 1.82) is 0 Å². The second-order valence-corrected chi connectivity index (χ2v) is 5.08. The summed E-state index contributed by atoms with van der Waals surface area (Å²) < 4.78 is 0. The van der Waals surface area contributed by atoms with Crippen molar-refractivity contribution >= 4 is 17.4 Å². The molecule has 0 aromatic carbocycles. The van der Waals surface area contributed by atoms with Crippen molar-refractivity contribution in [3.05, 3.63) is 17.8 Å². The molecule has 1 aliphatic rings. The maximum Gasteiger partial charge on any atom is 0.148 e. The number of anilines is 1. The first-order valence-electron chi connectivity index (χ1n) is 5.83. The first kappa shape index (κ1) is 11.6. The highest BCUT2D eigenvalue weighted by Crippen LogP contribution is 2.39. The van der Waals surface area contributed by atoms with Gasteiger partial charge in [-0.2, -0.15) is 5.10 Å². The maximum atomic E-state index is 6.09. The summed E-state index contributed by atoms with van der Waals surface area (Å²) in [6, 6.07) is 2.02. The summed E-state index contributed by atoms with van der Waals surface area (Å²) in [5, 5.41) is 11.4. The normalized spacial score (nSPS) is 18.6. The lowest BCUT2D eigenvalue weighted by atomic mass is 9.88. The number of nitrogens with one attached hydrogen (secondary N) is 1. The van der Waals surface area contributed by atoms with Crippen LogP contribution in [0, 0.1) is 12.3 Å². The van der Waals surface area contributed by atoms with E-state index in [-0.39, 0.29) is 5.41 Å². The molecule has 2 rings (SSSR count). The van der Waals surface area contributed by atoms with Crippen LogP contribution in [0.1, 0.15) is 31.2 Å². The molecular weight excluding hydrogens is 222 g/mol. The topological polar surface area (TPSA) is 37.8 Å². The molecule has 1 aliphatic carbocycles. The second-order valence-electron chi connectivity index (χ2n) is 4.81. The number of aromatic nitrogens is 2. The van der Waals surface area contributed by atoms with Crippen LogP contribution in [0.5, 0.6) is 0 Å². The minimum Gasteiger partial charge on any atom is -0.368 e. The van der Waals surface area contributed by atoms with Gasteiger partial charge in [0.2, 0.25) is 0 Å². The Hall–Kier alpha value is -0.830. The highest BCUT2D eigenvalue weighted by atomic mass is 35.5. The van der Waals surface area contributed by atoms with Crippen LogP contribution in [0.15, 0.2) is 12.3 Å². The van der Waals surface area contributed by atoms with Crippen LogP contribution in [0.25, 0.3) is 0 Å². The average Bonchev–Trinajstić information content (AvgIpc) is 2.76. The van der Waals surface area contributed by atoms with E-state index in [1.807, 2.05) is 13.0 Å². The van der Waals surface area contributed by atoms with Gasteiger partial charge in [0.1, 0.15) is 5.82 Å². The zero-order valence-electron chi connectivity index (χ0n) is 9.67. The third-order valence-corrected chi connectivity index (χ3v) is 3.95. The molecule has 0 bridgehead atoms. The number of halogens is 1. The summed E-state index contributed by atoms with van der Waals surface area (Å²) in [6.45, 7) is 2.93. The van der Waals surface area contributed by atoms with Gasteiger partial charge in [-0.1, -0.05) is 12.8 Å². The lowest BCUT2D eigenvalue weighted by Gasteiger charge is -2.26. The summed E-state index contributed by atoms with van der Waals surface area (Å²) in [4.78, 5) is 0. The van der Waals surface area contributed by atoms with Crippen molar-refractivity contribution in [2.45, 2.75) is 32.6 Å². The second kappa shape index (κ2) is 5.00. The summed E-state index contributed by atoms with van der Waals surface area (Å²) in [7, 11) is 0. The number of hydrogen-bond acceptors (Lipinski definition) is 3. The predicted molar refractivity (Wildman–Crippen MR) is 66.9 cm³/mol. The van der Waals surface area contributed by atoms with Gasteiger partial charge in [0.15, 0.2) is 0 Å². The van der Waals surface area contributed by atoms with Gasteiger partial charge in [0.05, 0.1) is 6.20 Å². The molecule has 0 atom stereocenters. The summed E-state index contributed by atoms with van der Waals surface area (Å²) in [5.41, 5.74) is 1.40. The molecular formula is C12H18ClN3. The van der Waals surface area contributed by atoms with Crippen LogP contribution in [-0.2, 0) is 0 Å². The third kappa shape index (κ3) is 2.64. The van der Waals surface area contributed by atoms with Crippen molar-refractivity contribution in [2.75, 3.05) is 17.7 Å². The van der Waals surface area contributed by atoms with Crippen molar-refractivity contribution < 1.29 is 0 Å². The molecule has 88 valence electrons. The Labute approximate surface area is 102 Å². The van der Waals surface area contributed by atoms with E-state index in [0.29, 0.717) is 0 Å². The Morgan fingerprint density at radius 2 is 2.19 bits per heavy atom. The highest BCUT2D eigenvalue weighted by molar-refractivity contribution is 6.18. The highest BCUT2D eigenvalue weighted by Gasteiger charge is 2.32. The summed E-state index contributed by atoms with van der Waals surface area (Å²) in [5.74, 6) is 1.59. The monoisotopic (exact) mass is 239 g/mol. The van der Waals surface area contributed by atoms with Crippen LogP contribution >= 0.6 is 11.6 Å². The van der Waals surface area contributed by atoms with Crippen LogP contribution in [0.4, 0.5) is 5.82 Å². The molecule has 0 aliphatic heterocycles. The maximum absolute atomic E-state index is 6.09. The van der Waals surface area contributed by atoms with E-state index in [2.05, 4.69) is 15.5 Å². The molecule has 1 aromatic rings. The van der Waals surface area contributed by atoms with Crippen LogP contribution in [0.3, 0.4) is 0 Å². The van der Waals surface area contributed by atoms with Crippen molar-refractivity contribution in [3.63, 3.8) is 0 Å². The van der Waals surface area contributed by atoms with Gasteiger partial charge in [-0.25, -0.2) is 0 Å². The van der Waals surface area contributed by atoms with Crippen molar-refractivity contribution in [3.8, 4) is 0 Å². The molecule has 0 spiro atoms. The Bertz CT molecular complexity index is 348.